The molecule has 0 bridgehead atoms. The number of hydrogen-bond acceptors (Lipinski definition) is 1. The average Bonchev–Trinajstić information content (AvgIpc) is 2.86. The van der Waals surface area contributed by atoms with Crippen molar-refractivity contribution in [1.82, 2.24) is 4.31 Å². The van der Waals surface area contributed by atoms with Crippen LogP contribution in [-0.4, -0.2) is 31.6 Å². The summed E-state index contributed by atoms with van der Waals surface area (Å²) in [6.07, 6.45) is 14.0. The lowest BCUT2D eigenvalue weighted by Crippen LogP contribution is -2.40. The minimum absolute atomic E-state index is 0.00430. The summed E-state index contributed by atoms with van der Waals surface area (Å²) >= 11 is 0. The van der Waals surface area contributed by atoms with Crippen molar-refractivity contribution >= 4 is 24.2 Å². The van der Waals surface area contributed by atoms with E-state index in [1.165, 1.54) is 80.9 Å². The molecule has 2 aliphatic rings. The molecule has 0 aromatic heterocycles. The van der Waals surface area contributed by atoms with Gasteiger partial charge in [-0.15, -0.1) is 0 Å². The Morgan fingerprint density at radius 3 is 1.80 bits per heavy atom. The maximum atomic E-state index is 13.8. The Labute approximate surface area is 218 Å². The van der Waals surface area contributed by atoms with E-state index in [4.69, 9.17) is 0 Å². The van der Waals surface area contributed by atoms with Crippen LogP contribution >= 0.6 is 7.92 Å². The van der Waals surface area contributed by atoms with E-state index >= 15 is 0 Å². The largest absolute Gasteiger partial charge is 0.242 e. The fourth-order valence-corrected chi connectivity index (χ4v) is 11.6. The van der Waals surface area contributed by atoms with Gasteiger partial charge in [-0.25, -0.2) is 8.51 Å². The first kappa shape index (κ1) is 27.0. The summed E-state index contributed by atoms with van der Waals surface area (Å²) in [7, 11) is 0.727. The summed E-state index contributed by atoms with van der Waals surface area (Å²) in [5.41, 5.74) is 5.68. The topological polar surface area (TPSA) is 20.3 Å². The monoisotopic (exact) mass is 511 g/mol. The van der Waals surface area contributed by atoms with Crippen molar-refractivity contribution in [2.75, 3.05) is 7.05 Å². The molecule has 4 rings (SSSR count). The molecule has 35 heavy (non-hydrogen) atoms. The Hall–Kier alpha value is -1.02. The van der Waals surface area contributed by atoms with E-state index in [9.17, 15) is 4.21 Å². The molecule has 2 atom stereocenters. The molecular weight excluding hydrogens is 465 g/mol. The summed E-state index contributed by atoms with van der Waals surface area (Å²) in [5, 5.41) is 1.60. The molecule has 0 amide bonds. The van der Waals surface area contributed by atoms with Gasteiger partial charge in [0.2, 0.25) is 0 Å². The minimum Gasteiger partial charge on any atom is -0.242 e. The van der Waals surface area contributed by atoms with Gasteiger partial charge < -0.3 is 0 Å². The Morgan fingerprint density at radius 2 is 1.29 bits per heavy atom. The Morgan fingerprint density at radius 1 is 0.800 bits per heavy atom. The molecule has 2 nitrogen and oxygen atoms in total. The fourth-order valence-electron chi connectivity index (χ4n) is 6.34. The van der Waals surface area contributed by atoms with Crippen molar-refractivity contribution in [1.29, 1.82) is 0 Å². The first-order valence-electron chi connectivity index (χ1n) is 13.9. The molecule has 0 spiro atoms. The van der Waals surface area contributed by atoms with Gasteiger partial charge in [0, 0.05) is 7.05 Å². The maximum Gasteiger partial charge on any atom is 0.100 e. The van der Waals surface area contributed by atoms with Crippen LogP contribution in [0.2, 0.25) is 0 Å². The van der Waals surface area contributed by atoms with Crippen LogP contribution < -0.4 is 5.30 Å². The molecule has 192 valence electrons. The molecule has 2 aliphatic carbocycles. The second kappa shape index (κ2) is 12.0. The van der Waals surface area contributed by atoms with Gasteiger partial charge in [0.25, 0.3) is 0 Å². The van der Waals surface area contributed by atoms with Gasteiger partial charge >= 0.3 is 0 Å². The molecule has 4 heteroatoms. The third kappa shape index (κ3) is 6.28. The first-order valence-corrected chi connectivity index (χ1v) is 16.5. The van der Waals surface area contributed by atoms with Gasteiger partial charge in [-0.1, -0.05) is 95.0 Å². The molecule has 0 unspecified atom stereocenters. The van der Waals surface area contributed by atoms with Crippen LogP contribution in [0.5, 0.6) is 0 Å². The molecule has 2 aromatic carbocycles. The summed E-state index contributed by atoms with van der Waals surface area (Å²) in [6, 6.07) is 18.1. The van der Waals surface area contributed by atoms with Gasteiger partial charge in [0.05, 0.1) is 10.8 Å². The summed E-state index contributed by atoms with van der Waals surface area (Å²) < 4.78 is 15.7. The highest BCUT2D eigenvalue weighted by Crippen LogP contribution is 2.56. The quantitative estimate of drug-likeness (QED) is 0.343. The van der Waals surface area contributed by atoms with Gasteiger partial charge in [-0.05, 0) is 86.7 Å². The highest BCUT2D eigenvalue weighted by molar-refractivity contribution is 7.84. The third-order valence-corrected chi connectivity index (χ3v) is 13.4. The van der Waals surface area contributed by atoms with Gasteiger partial charge in [0.15, 0.2) is 0 Å². The van der Waals surface area contributed by atoms with Gasteiger partial charge in [-0.2, -0.15) is 0 Å². The molecular formula is C31H46NOPS. The van der Waals surface area contributed by atoms with Crippen LogP contribution in [0.1, 0.15) is 108 Å². The zero-order valence-electron chi connectivity index (χ0n) is 22.6. The van der Waals surface area contributed by atoms with Gasteiger partial charge in [0.1, 0.15) is 11.0 Å². The molecule has 0 saturated heterocycles. The number of benzene rings is 2. The number of aryl methyl sites for hydroxylation is 1. The fraction of sp³-hybridized carbons (Fsp3) is 0.613. The Balaban J connectivity index is 1.85. The maximum absolute atomic E-state index is 13.8. The highest BCUT2D eigenvalue weighted by atomic mass is 32.2. The predicted molar refractivity (Wildman–Crippen MR) is 155 cm³/mol. The van der Waals surface area contributed by atoms with Crippen molar-refractivity contribution in [2.45, 2.75) is 114 Å². The van der Waals surface area contributed by atoms with Crippen LogP contribution in [0.4, 0.5) is 0 Å². The molecule has 0 heterocycles. The molecule has 2 aromatic rings. The van der Waals surface area contributed by atoms with Crippen LogP contribution in [0, 0.1) is 6.92 Å². The van der Waals surface area contributed by atoms with Crippen molar-refractivity contribution in [3.05, 3.63) is 65.2 Å². The summed E-state index contributed by atoms with van der Waals surface area (Å²) in [5.74, 6) is 0. The Kier molecular flexibility index (Phi) is 9.28. The van der Waals surface area contributed by atoms with E-state index in [0.29, 0.717) is 0 Å². The van der Waals surface area contributed by atoms with E-state index in [-0.39, 0.29) is 18.7 Å². The van der Waals surface area contributed by atoms with E-state index in [1.807, 2.05) is 0 Å². The van der Waals surface area contributed by atoms with Crippen LogP contribution in [0.15, 0.2) is 48.5 Å². The van der Waals surface area contributed by atoms with E-state index < -0.39 is 11.0 Å². The number of hydrogen-bond donors (Lipinski definition) is 0. The second-order valence-corrected chi connectivity index (χ2v) is 16.8. The van der Waals surface area contributed by atoms with E-state index in [0.717, 1.165) is 11.3 Å². The number of rotatable bonds is 7. The summed E-state index contributed by atoms with van der Waals surface area (Å²) in [4.78, 5) is 0. The average molecular weight is 512 g/mol. The standard InChI is InChI=1S/C31H46NOPS/c1-24-16-12-13-21-27(24)30(32(5)35(33)31(2,3)4)28-22-14-15-23-29(28)34(25-17-8-6-9-18-25)26-19-10-7-11-20-26/h12-16,21-23,25-26,30H,6-11,17-20H2,1-5H3/t30-,35+/m0/s1. The normalized spacial score (nSPS) is 20.3. The third-order valence-electron chi connectivity index (χ3n) is 8.08. The summed E-state index contributed by atoms with van der Waals surface area (Å²) in [6.45, 7) is 8.50. The zero-order valence-corrected chi connectivity index (χ0v) is 24.3. The SMILES string of the molecule is Cc1ccccc1[C@@H](c1ccccc1P(C1CCCCC1)C1CCCCC1)N(C)[S@](=O)C(C)(C)C. The van der Waals surface area contributed by atoms with Gasteiger partial charge in [-0.3, -0.25) is 0 Å². The van der Waals surface area contributed by atoms with Crippen molar-refractivity contribution in [3.8, 4) is 0 Å². The van der Waals surface area contributed by atoms with Crippen LogP contribution in [0.25, 0.3) is 0 Å². The second-order valence-electron chi connectivity index (χ2n) is 11.7. The first-order chi connectivity index (χ1) is 16.8. The van der Waals surface area contributed by atoms with Crippen LogP contribution in [-0.2, 0) is 11.0 Å². The van der Waals surface area contributed by atoms with Crippen LogP contribution in [0.3, 0.4) is 0 Å². The van der Waals surface area contributed by atoms with Crippen molar-refractivity contribution < 1.29 is 4.21 Å². The van der Waals surface area contributed by atoms with Crippen molar-refractivity contribution in [3.63, 3.8) is 0 Å². The van der Waals surface area contributed by atoms with Crippen molar-refractivity contribution in [2.24, 2.45) is 0 Å². The van der Waals surface area contributed by atoms with E-state index in [2.05, 4.69) is 87.6 Å². The molecule has 0 N–H and O–H groups in total. The van der Waals surface area contributed by atoms with E-state index in [1.54, 1.807) is 5.30 Å². The predicted octanol–water partition coefficient (Wildman–Crippen LogP) is 8.25. The lowest BCUT2D eigenvalue weighted by Gasteiger charge is -2.41. The highest BCUT2D eigenvalue weighted by Gasteiger charge is 2.37. The zero-order chi connectivity index (χ0) is 25.0. The minimum atomic E-state index is -1.11. The molecule has 0 radical (unpaired) electrons. The molecule has 2 saturated carbocycles. The smallest absolute Gasteiger partial charge is 0.100 e. The molecule has 2 fully saturated rings. The lowest BCUT2D eigenvalue weighted by atomic mass is 9.95. The lowest BCUT2D eigenvalue weighted by molar-refractivity contribution is 0.439. The number of nitrogens with zero attached hydrogens (tertiary/aromatic N) is 1. The molecule has 0 aliphatic heterocycles. The Bertz CT molecular complexity index is 969.